The summed E-state index contributed by atoms with van der Waals surface area (Å²) in [5.41, 5.74) is 4.68. The minimum atomic E-state index is -0.436. The number of carbonyl (C=O) groups is 2. The first-order valence-corrected chi connectivity index (χ1v) is 7.92. The predicted molar refractivity (Wildman–Crippen MR) is 98.8 cm³/mol. The van der Waals surface area contributed by atoms with Crippen LogP contribution in [0.5, 0.6) is 11.5 Å². The lowest BCUT2D eigenvalue weighted by Gasteiger charge is -2.10. The second kappa shape index (κ2) is 9.22. The van der Waals surface area contributed by atoms with E-state index >= 15 is 0 Å². The van der Waals surface area contributed by atoms with Gasteiger partial charge in [-0.2, -0.15) is 5.10 Å². The maximum Gasteiger partial charge on any atom is 0.259 e. The van der Waals surface area contributed by atoms with Crippen LogP contribution in [-0.4, -0.2) is 38.8 Å². The summed E-state index contributed by atoms with van der Waals surface area (Å²) in [6.45, 7) is 1.78. The number of ether oxygens (including phenoxy) is 2. The van der Waals surface area contributed by atoms with Crippen molar-refractivity contribution in [2.24, 2.45) is 5.10 Å². The summed E-state index contributed by atoms with van der Waals surface area (Å²) in [6.07, 6.45) is 1.53. The molecule has 0 fully saturated rings. The number of benzene rings is 2. The maximum absolute atomic E-state index is 12.2. The molecule has 2 rings (SSSR count). The molecule has 7 nitrogen and oxygen atoms in total. The normalized spacial score (nSPS) is 10.4. The lowest BCUT2D eigenvalue weighted by atomic mass is 10.1. The van der Waals surface area contributed by atoms with Gasteiger partial charge in [0.05, 0.1) is 32.5 Å². The quantitative estimate of drug-likeness (QED) is 0.586. The number of hydrazone groups is 1. The standard InChI is InChI=1S/C19H21N3O4/c1-13-4-6-14(7-5-13)11-21-22-18(23)12-20-19(24)16-9-8-15(25-2)10-17(16)26-3/h4-11H,12H2,1-3H3,(H,20,24)(H,22,23)/b21-11+. The number of hydrogen-bond acceptors (Lipinski definition) is 5. The van der Waals surface area contributed by atoms with E-state index in [0.717, 1.165) is 11.1 Å². The molecule has 0 aliphatic heterocycles. The third kappa shape index (κ3) is 5.34. The van der Waals surface area contributed by atoms with Crippen molar-refractivity contribution in [1.82, 2.24) is 10.7 Å². The Morgan fingerprint density at radius 1 is 1.08 bits per heavy atom. The first-order chi connectivity index (χ1) is 12.5. The Labute approximate surface area is 152 Å². The molecule has 0 radical (unpaired) electrons. The minimum absolute atomic E-state index is 0.209. The molecule has 7 heteroatoms. The number of rotatable bonds is 7. The topological polar surface area (TPSA) is 89.0 Å². The third-order valence-corrected chi connectivity index (χ3v) is 3.54. The van der Waals surface area contributed by atoms with E-state index in [2.05, 4.69) is 15.8 Å². The van der Waals surface area contributed by atoms with Gasteiger partial charge in [0.15, 0.2) is 0 Å². The average molecular weight is 355 g/mol. The summed E-state index contributed by atoms with van der Waals surface area (Å²) in [5.74, 6) is 0.0672. The van der Waals surface area contributed by atoms with E-state index in [9.17, 15) is 9.59 Å². The Bertz CT molecular complexity index is 801. The van der Waals surface area contributed by atoms with Crippen LogP contribution in [0.1, 0.15) is 21.5 Å². The van der Waals surface area contributed by atoms with E-state index in [1.165, 1.54) is 20.4 Å². The van der Waals surface area contributed by atoms with Crippen LogP contribution in [0.25, 0.3) is 0 Å². The molecule has 2 amide bonds. The van der Waals surface area contributed by atoms with Crippen molar-refractivity contribution in [3.8, 4) is 11.5 Å². The Kier molecular flexibility index (Phi) is 6.73. The largest absolute Gasteiger partial charge is 0.497 e. The molecule has 26 heavy (non-hydrogen) atoms. The number of nitrogens with one attached hydrogen (secondary N) is 2. The van der Waals surface area contributed by atoms with Crippen LogP contribution in [0.3, 0.4) is 0 Å². The fourth-order valence-electron chi connectivity index (χ4n) is 2.11. The summed E-state index contributed by atoms with van der Waals surface area (Å²) in [4.78, 5) is 24.0. The molecular weight excluding hydrogens is 334 g/mol. The van der Waals surface area contributed by atoms with Crippen molar-refractivity contribution in [3.63, 3.8) is 0 Å². The molecule has 0 aliphatic rings. The first-order valence-electron chi connectivity index (χ1n) is 7.92. The summed E-state index contributed by atoms with van der Waals surface area (Å²) in [6, 6.07) is 12.5. The van der Waals surface area contributed by atoms with E-state index in [4.69, 9.17) is 9.47 Å². The number of aryl methyl sites for hydroxylation is 1. The van der Waals surface area contributed by atoms with Gasteiger partial charge in [-0.25, -0.2) is 5.43 Å². The van der Waals surface area contributed by atoms with Crippen molar-refractivity contribution in [2.75, 3.05) is 20.8 Å². The Morgan fingerprint density at radius 3 is 2.46 bits per heavy atom. The molecular formula is C19H21N3O4. The van der Waals surface area contributed by atoms with Gasteiger partial charge < -0.3 is 14.8 Å². The highest BCUT2D eigenvalue weighted by Gasteiger charge is 2.14. The van der Waals surface area contributed by atoms with Crippen molar-refractivity contribution in [2.45, 2.75) is 6.92 Å². The molecule has 0 saturated heterocycles. The Balaban J connectivity index is 1.86. The van der Waals surface area contributed by atoms with E-state index in [1.54, 1.807) is 18.2 Å². The Hall–Kier alpha value is -3.35. The first kappa shape index (κ1) is 19.0. The molecule has 2 aromatic carbocycles. The van der Waals surface area contributed by atoms with Crippen molar-refractivity contribution >= 4 is 18.0 Å². The molecule has 0 saturated carbocycles. The molecule has 0 aromatic heterocycles. The zero-order chi connectivity index (χ0) is 18.9. The number of amides is 2. The van der Waals surface area contributed by atoms with Gasteiger partial charge >= 0.3 is 0 Å². The Morgan fingerprint density at radius 2 is 1.81 bits per heavy atom. The second-order valence-electron chi connectivity index (χ2n) is 5.45. The molecule has 2 aromatic rings. The zero-order valence-corrected chi connectivity index (χ0v) is 14.9. The molecule has 0 heterocycles. The molecule has 0 unspecified atom stereocenters. The van der Waals surface area contributed by atoms with Crippen molar-refractivity contribution in [1.29, 1.82) is 0 Å². The van der Waals surface area contributed by atoms with Crippen LogP contribution in [-0.2, 0) is 4.79 Å². The van der Waals surface area contributed by atoms with E-state index in [0.29, 0.717) is 17.1 Å². The lowest BCUT2D eigenvalue weighted by molar-refractivity contribution is -0.120. The van der Waals surface area contributed by atoms with Gasteiger partial charge in [0.25, 0.3) is 11.8 Å². The molecule has 136 valence electrons. The van der Waals surface area contributed by atoms with E-state index in [-0.39, 0.29) is 6.54 Å². The summed E-state index contributed by atoms with van der Waals surface area (Å²) in [7, 11) is 2.98. The van der Waals surface area contributed by atoms with Crippen LogP contribution in [0, 0.1) is 6.92 Å². The van der Waals surface area contributed by atoms with Crippen LogP contribution in [0.2, 0.25) is 0 Å². The van der Waals surface area contributed by atoms with Crippen LogP contribution in [0.15, 0.2) is 47.6 Å². The van der Waals surface area contributed by atoms with Gasteiger partial charge in [-0.05, 0) is 24.6 Å². The van der Waals surface area contributed by atoms with Gasteiger partial charge in [-0.3, -0.25) is 9.59 Å². The molecule has 0 spiro atoms. The highest BCUT2D eigenvalue weighted by atomic mass is 16.5. The highest BCUT2D eigenvalue weighted by molar-refractivity contribution is 5.99. The summed E-state index contributed by atoms with van der Waals surface area (Å²) >= 11 is 0. The van der Waals surface area contributed by atoms with E-state index < -0.39 is 11.8 Å². The fourth-order valence-corrected chi connectivity index (χ4v) is 2.11. The van der Waals surface area contributed by atoms with Crippen LogP contribution in [0.4, 0.5) is 0 Å². The summed E-state index contributed by atoms with van der Waals surface area (Å²) in [5, 5.41) is 6.38. The summed E-state index contributed by atoms with van der Waals surface area (Å²) < 4.78 is 10.3. The SMILES string of the molecule is COc1ccc(C(=O)NCC(=O)N/N=C/c2ccc(C)cc2)c(OC)c1. The average Bonchev–Trinajstić information content (AvgIpc) is 2.67. The van der Waals surface area contributed by atoms with Gasteiger partial charge in [0.2, 0.25) is 0 Å². The minimum Gasteiger partial charge on any atom is -0.497 e. The van der Waals surface area contributed by atoms with Crippen LogP contribution < -0.4 is 20.2 Å². The lowest BCUT2D eigenvalue weighted by Crippen LogP contribution is -2.35. The smallest absolute Gasteiger partial charge is 0.259 e. The third-order valence-electron chi connectivity index (χ3n) is 3.54. The number of methoxy groups -OCH3 is 2. The number of nitrogens with zero attached hydrogens (tertiary/aromatic N) is 1. The van der Waals surface area contributed by atoms with Crippen molar-refractivity contribution < 1.29 is 19.1 Å². The van der Waals surface area contributed by atoms with E-state index in [1.807, 2.05) is 31.2 Å². The maximum atomic E-state index is 12.2. The molecule has 0 bridgehead atoms. The number of hydrogen-bond donors (Lipinski definition) is 2. The molecule has 0 atom stereocenters. The van der Waals surface area contributed by atoms with Gasteiger partial charge in [0.1, 0.15) is 11.5 Å². The molecule has 2 N–H and O–H groups in total. The van der Waals surface area contributed by atoms with Gasteiger partial charge in [0, 0.05) is 6.07 Å². The fraction of sp³-hybridized carbons (Fsp3) is 0.211. The van der Waals surface area contributed by atoms with Gasteiger partial charge in [-0.15, -0.1) is 0 Å². The predicted octanol–water partition coefficient (Wildman–Crippen LogP) is 1.89. The van der Waals surface area contributed by atoms with Crippen molar-refractivity contribution in [3.05, 3.63) is 59.2 Å². The zero-order valence-electron chi connectivity index (χ0n) is 14.9. The van der Waals surface area contributed by atoms with Crippen LogP contribution >= 0.6 is 0 Å². The highest BCUT2D eigenvalue weighted by Crippen LogP contribution is 2.24. The molecule has 0 aliphatic carbocycles. The number of carbonyl (C=O) groups excluding carboxylic acids is 2. The van der Waals surface area contributed by atoms with Gasteiger partial charge in [-0.1, -0.05) is 29.8 Å². The monoisotopic (exact) mass is 355 g/mol. The second-order valence-corrected chi connectivity index (χ2v) is 5.45.